The molecule has 9 rings (SSSR count). The molecule has 0 spiro atoms. The van der Waals surface area contributed by atoms with Crippen LogP contribution in [0.5, 0.6) is 5.75 Å². The van der Waals surface area contributed by atoms with Crippen LogP contribution in [-0.4, -0.2) is 87.6 Å². The fraction of sp³-hybridized carbons (Fsp3) is 0.200. The van der Waals surface area contributed by atoms with Crippen molar-refractivity contribution in [1.82, 2.24) is 20.2 Å². The number of anilines is 1. The SMILES string of the molecule is CO/N=C(\C(=O)NC1C(=O)N2C(C(=O)OCc3ccc(OC)cc3)=C(CSc3nc4c[n+](C)ccc4o3)CS[C@@H]12)c1csc(NC(c2ccccc2)(c2ccccc2)c2ccccc2)n1.O=C([O-])C(F)(F)F. The summed E-state index contributed by atoms with van der Waals surface area (Å²) in [5, 5.41) is 21.5. The number of nitrogens with zero attached hydrogens (tertiary/aromatic N) is 5. The number of aliphatic carboxylic acids is 1. The molecule has 1 unspecified atom stereocenters. The average Bonchev–Trinajstić information content (AvgIpc) is 4.04. The molecular formula is C50H42F3N7O9S3. The molecule has 2 amide bonds. The number of amides is 2. The predicted octanol–water partition coefficient (Wildman–Crippen LogP) is 6.36. The van der Waals surface area contributed by atoms with Gasteiger partial charge in [0.1, 0.15) is 60.8 Å². The van der Waals surface area contributed by atoms with Crippen LogP contribution in [0, 0.1) is 0 Å². The molecule has 2 N–H and O–H groups in total. The smallest absolute Gasteiger partial charge is 0.430 e. The summed E-state index contributed by atoms with van der Waals surface area (Å²) in [6, 6.07) is 38.3. The molecule has 2 atom stereocenters. The minimum Gasteiger partial charge on any atom is -0.542 e. The first-order valence-corrected chi connectivity index (χ1v) is 24.6. The molecule has 16 nitrogen and oxygen atoms in total. The zero-order valence-electron chi connectivity index (χ0n) is 38.3. The van der Waals surface area contributed by atoms with E-state index in [0.717, 1.165) is 22.3 Å². The van der Waals surface area contributed by atoms with Gasteiger partial charge in [-0.2, -0.15) is 18.2 Å². The maximum absolute atomic E-state index is 14.2. The third kappa shape index (κ3) is 11.1. The van der Waals surface area contributed by atoms with Crippen molar-refractivity contribution in [2.45, 2.75) is 35.0 Å². The molecule has 3 aromatic heterocycles. The number of esters is 1. The molecule has 7 aromatic rings. The Morgan fingerprint density at radius 3 is 2.10 bits per heavy atom. The fourth-order valence-electron chi connectivity index (χ4n) is 7.77. The number of hydrogen-bond acceptors (Lipinski definition) is 16. The van der Waals surface area contributed by atoms with Gasteiger partial charge in [0.25, 0.3) is 17.0 Å². The summed E-state index contributed by atoms with van der Waals surface area (Å²) in [5.41, 5.74) is 5.09. The monoisotopic (exact) mass is 1040 g/mol. The number of carbonyl (C=O) groups excluding carboxylic acids is 4. The summed E-state index contributed by atoms with van der Waals surface area (Å²) >= 11 is 4.05. The number of hydrogen-bond donors (Lipinski definition) is 2. The summed E-state index contributed by atoms with van der Waals surface area (Å²) in [5.74, 6) is -3.46. The maximum atomic E-state index is 14.2. The molecule has 1 saturated heterocycles. The number of aryl methyl sites for hydroxylation is 1. The van der Waals surface area contributed by atoms with E-state index in [4.69, 9.17) is 33.6 Å². The van der Waals surface area contributed by atoms with Crippen LogP contribution in [0.4, 0.5) is 18.3 Å². The minimum absolute atomic E-state index is 0.0284. The van der Waals surface area contributed by atoms with Gasteiger partial charge in [-0.1, -0.05) is 120 Å². The Bertz CT molecular complexity index is 3040. The lowest BCUT2D eigenvalue weighted by atomic mass is 9.77. The first-order chi connectivity index (χ1) is 34.7. The van der Waals surface area contributed by atoms with E-state index in [2.05, 4.69) is 57.2 Å². The molecule has 1 fully saturated rings. The second kappa shape index (κ2) is 22.2. The molecule has 4 aromatic carbocycles. The first kappa shape index (κ1) is 50.7. The number of carboxylic acid groups (broad SMARTS) is 1. The number of fused-ring (bicyclic) bond motifs is 2. The number of carbonyl (C=O) groups is 4. The van der Waals surface area contributed by atoms with E-state index in [9.17, 15) is 27.6 Å². The van der Waals surface area contributed by atoms with Crippen molar-refractivity contribution in [3.63, 3.8) is 0 Å². The molecule has 0 radical (unpaired) electrons. The third-order valence-corrected chi connectivity index (χ3v) is 14.2. The second-order valence-electron chi connectivity index (χ2n) is 15.8. The molecule has 0 saturated carbocycles. The predicted molar refractivity (Wildman–Crippen MR) is 260 cm³/mol. The van der Waals surface area contributed by atoms with Gasteiger partial charge in [-0.25, -0.2) is 14.3 Å². The Morgan fingerprint density at radius 1 is 0.917 bits per heavy atom. The molecule has 5 heterocycles. The van der Waals surface area contributed by atoms with Gasteiger partial charge >= 0.3 is 12.1 Å². The van der Waals surface area contributed by atoms with Crippen molar-refractivity contribution >= 4 is 80.6 Å². The third-order valence-electron chi connectivity index (χ3n) is 11.2. The van der Waals surface area contributed by atoms with Gasteiger partial charge < -0.3 is 39.3 Å². The van der Waals surface area contributed by atoms with Crippen LogP contribution in [0.2, 0.25) is 0 Å². The van der Waals surface area contributed by atoms with E-state index in [0.29, 0.717) is 44.3 Å². The van der Waals surface area contributed by atoms with Gasteiger partial charge in [-0.3, -0.25) is 14.5 Å². The number of nitrogens with one attached hydrogen (secondary N) is 2. The lowest BCUT2D eigenvalue weighted by Gasteiger charge is -2.49. The summed E-state index contributed by atoms with van der Waals surface area (Å²) in [7, 11) is 4.82. The van der Waals surface area contributed by atoms with E-state index >= 15 is 0 Å². The highest BCUT2D eigenvalue weighted by Gasteiger charge is 2.55. The number of alkyl halides is 3. The summed E-state index contributed by atoms with van der Waals surface area (Å²) in [6.07, 6.45) is -1.46. The van der Waals surface area contributed by atoms with E-state index in [1.165, 1.54) is 46.9 Å². The number of thiazole rings is 1. The van der Waals surface area contributed by atoms with Crippen LogP contribution in [0.15, 0.2) is 165 Å². The number of methoxy groups -OCH3 is 1. The average molecular weight is 1040 g/mol. The van der Waals surface area contributed by atoms with Crippen molar-refractivity contribution in [2.24, 2.45) is 12.2 Å². The molecule has 370 valence electrons. The van der Waals surface area contributed by atoms with Crippen molar-refractivity contribution in [2.75, 3.05) is 31.0 Å². The van der Waals surface area contributed by atoms with Crippen molar-refractivity contribution in [1.29, 1.82) is 0 Å². The van der Waals surface area contributed by atoms with Crippen molar-refractivity contribution < 1.29 is 60.8 Å². The van der Waals surface area contributed by atoms with Crippen LogP contribution in [-0.2, 0) is 47.9 Å². The number of β-lactam (4-membered cyclic amide) rings is 1. The Hall–Kier alpha value is -7.69. The van der Waals surface area contributed by atoms with Crippen molar-refractivity contribution in [3.8, 4) is 5.75 Å². The molecule has 2 aliphatic rings. The van der Waals surface area contributed by atoms with Gasteiger partial charge in [-0.05, 0) is 40.0 Å². The minimum atomic E-state index is -5.19. The lowest BCUT2D eigenvalue weighted by Crippen LogP contribution is -2.71. The van der Waals surface area contributed by atoms with E-state index < -0.39 is 46.9 Å². The van der Waals surface area contributed by atoms with Crippen LogP contribution < -0.4 is 25.0 Å². The number of oxazole rings is 1. The molecule has 22 heteroatoms. The van der Waals surface area contributed by atoms with E-state index in [-0.39, 0.29) is 23.7 Å². The Balaban J connectivity index is 0.000000923. The summed E-state index contributed by atoms with van der Waals surface area (Å²) in [4.78, 5) is 67.2. The molecule has 0 aliphatic carbocycles. The van der Waals surface area contributed by atoms with Crippen LogP contribution in [0.3, 0.4) is 0 Å². The number of oxime groups is 1. The van der Waals surface area contributed by atoms with Gasteiger partial charge in [0.15, 0.2) is 34.3 Å². The Kier molecular flexibility index (Phi) is 15.6. The standard InChI is InChI=1S/C48H41N7O7S3.C2HF3O2/c1-54-24-23-38-36(25-54)50-47(62-38)65-28-31-27-63-44-40(43(57)55(44)41(31)45(58)61-26-30-19-21-35(59-2)22-20-30)51-42(56)39(53-60-3)37-29-64-46(49-37)52-48(32-13-7-4-8-14-32,33-15-9-5-10-16-33)34-17-11-6-12-18-34;3-2(4,5)1(6)7/h4-25,29,40,44H,26-28H2,1-3H3,(H-,49,51,52,56);(H,6,7)/b53-39-;/t40?,44-;/m0./s1. The number of benzene rings is 4. The normalized spacial score (nSPS) is 15.7. The van der Waals surface area contributed by atoms with Gasteiger partial charge in [-0.15, -0.1) is 23.1 Å². The van der Waals surface area contributed by atoms with Crippen LogP contribution in [0.25, 0.3) is 11.1 Å². The van der Waals surface area contributed by atoms with Gasteiger partial charge in [0, 0.05) is 23.0 Å². The van der Waals surface area contributed by atoms with E-state index in [1.54, 1.807) is 36.8 Å². The Morgan fingerprint density at radius 2 is 1.53 bits per heavy atom. The number of halogens is 3. The Labute approximate surface area is 421 Å². The first-order valence-electron chi connectivity index (χ1n) is 21.7. The van der Waals surface area contributed by atoms with Gasteiger partial charge in [0.2, 0.25) is 0 Å². The van der Waals surface area contributed by atoms with Crippen LogP contribution in [0.1, 0.15) is 27.9 Å². The lowest BCUT2D eigenvalue weighted by molar-refractivity contribution is -0.670. The topological polar surface area (TPSA) is 201 Å². The largest absolute Gasteiger partial charge is 0.542 e. The molecular weight excluding hydrogens is 996 g/mol. The van der Waals surface area contributed by atoms with E-state index in [1.807, 2.05) is 84.7 Å². The highest BCUT2D eigenvalue weighted by Crippen LogP contribution is 2.43. The maximum Gasteiger partial charge on any atom is 0.430 e. The second-order valence-corrected chi connectivity index (χ2v) is 18.7. The number of rotatable bonds is 16. The molecule has 72 heavy (non-hydrogen) atoms. The summed E-state index contributed by atoms with van der Waals surface area (Å²) < 4.78 is 50.5. The number of ether oxygens (including phenoxy) is 2. The van der Waals surface area contributed by atoms with Crippen molar-refractivity contribution in [3.05, 3.63) is 178 Å². The highest BCUT2D eigenvalue weighted by atomic mass is 32.2. The van der Waals surface area contributed by atoms with Gasteiger partial charge in [0.05, 0.1) is 7.11 Å². The molecule has 2 aliphatic heterocycles. The zero-order valence-corrected chi connectivity index (χ0v) is 40.8. The zero-order chi connectivity index (χ0) is 51.0. The molecule has 0 bridgehead atoms. The number of carboxylic acids is 1. The number of thioether (sulfide) groups is 2. The summed E-state index contributed by atoms with van der Waals surface area (Å²) in [6.45, 7) is -0.0284. The highest BCUT2D eigenvalue weighted by molar-refractivity contribution is 8.01. The number of pyridine rings is 1. The van der Waals surface area contributed by atoms with Crippen LogP contribution >= 0.6 is 34.9 Å². The fourth-order valence-corrected chi connectivity index (χ4v) is 10.8. The number of aromatic nitrogens is 3. The quantitative estimate of drug-likeness (QED) is 0.0206.